The van der Waals surface area contributed by atoms with Gasteiger partial charge in [-0.15, -0.1) is 0 Å². The summed E-state index contributed by atoms with van der Waals surface area (Å²) < 4.78 is 38.3. The molecule has 2 saturated heterocycles. The first-order valence-corrected chi connectivity index (χ1v) is 7.84. The van der Waals surface area contributed by atoms with Crippen LogP contribution in [0.15, 0.2) is 0 Å². The van der Waals surface area contributed by atoms with Gasteiger partial charge in [0.2, 0.25) is 0 Å². The molecule has 2 unspecified atom stereocenters. The molecule has 1 saturated carbocycles. The largest absolute Gasteiger partial charge is 0.391 e. The van der Waals surface area contributed by atoms with Crippen molar-refractivity contribution in [1.29, 1.82) is 0 Å². The number of halogens is 3. The van der Waals surface area contributed by atoms with Gasteiger partial charge in [-0.05, 0) is 57.9 Å². The van der Waals surface area contributed by atoms with Gasteiger partial charge in [-0.25, -0.2) is 0 Å². The van der Waals surface area contributed by atoms with Crippen molar-refractivity contribution in [1.82, 2.24) is 10.2 Å². The van der Waals surface area contributed by atoms with E-state index < -0.39 is 12.1 Å². The van der Waals surface area contributed by atoms with E-state index in [1.54, 1.807) is 0 Å². The van der Waals surface area contributed by atoms with Crippen molar-refractivity contribution in [2.45, 2.75) is 57.3 Å². The van der Waals surface area contributed by atoms with Gasteiger partial charge in [-0.2, -0.15) is 13.2 Å². The summed E-state index contributed by atoms with van der Waals surface area (Å²) in [5.41, 5.74) is 0.129. The van der Waals surface area contributed by atoms with Gasteiger partial charge in [0.15, 0.2) is 0 Å². The van der Waals surface area contributed by atoms with Crippen LogP contribution in [0.5, 0.6) is 0 Å². The van der Waals surface area contributed by atoms with Crippen molar-refractivity contribution in [2.75, 3.05) is 19.6 Å². The summed E-state index contributed by atoms with van der Waals surface area (Å²) in [5, 5.41) is 3.45. The van der Waals surface area contributed by atoms with Gasteiger partial charge in [-0.3, -0.25) is 4.90 Å². The van der Waals surface area contributed by atoms with Crippen molar-refractivity contribution in [3.63, 3.8) is 0 Å². The molecule has 2 aliphatic heterocycles. The Morgan fingerprint density at radius 3 is 2.25 bits per heavy atom. The monoisotopic (exact) mass is 290 g/mol. The van der Waals surface area contributed by atoms with Gasteiger partial charge in [0, 0.05) is 24.7 Å². The zero-order valence-electron chi connectivity index (χ0n) is 12.3. The van der Waals surface area contributed by atoms with Crippen LogP contribution >= 0.6 is 0 Å². The molecule has 3 fully saturated rings. The predicted molar refractivity (Wildman–Crippen MR) is 72.4 cm³/mol. The molecule has 5 heteroatoms. The lowest BCUT2D eigenvalue weighted by Gasteiger charge is -2.44. The molecule has 0 aromatic rings. The van der Waals surface area contributed by atoms with Crippen LogP contribution in [0.2, 0.25) is 0 Å². The van der Waals surface area contributed by atoms with E-state index in [-0.39, 0.29) is 5.54 Å². The second kappa shape index (κ2) is 4.87. The minimum atomic E-state index is -3.99. The van der Waals surface area contributed by atoms with Crippen molar-refractivity contribution in [3.8, 4) is 0 Å². The third-order valence-corrected chi connectivity index (χ3v) is 6.02. The first kappa shape index (κ1) is 14.6. The maximum atomic E-state index is 12.8. The van der Waals surface area contributed by atoms with Crippen LogP contribution < -0.4 is 5.32 Å². The normalized spacial score (nSPS) is 41.9. The van der Waals surface area contributed by atoms with E-state index in [9.17, 15) is 13.2 Å². The number of hydrogen-bond donors (Lipinski definition) is 1. The van der Waals surface area contributed by atoms with Gasteiger partial charge in [0.25, 0.3) is 0 Å². The smallest absolute Gasteiger partial charge is 0.316 e. The van der Waals surface area contributed by atoms with Crippen LogP contribution in [0, 0.1) is 17.8 Å². The Balaban J connectivity index is 1.64. The molecule has 0 spiro atoms. The van der Waals surface area contributed by atoms with Crippen LogP contribution in [0.3, 0.4) is 0 Å². The van der Waals surface area contributed by atoms with Crippen LogP contribution in [-0.2, 0) is 0 Å². The summed E-state index contributed by atoms with van der Waals surface area (Å²) in [6, 6.07) is 0.356. The molecule has 0 aromatic heterocycles. The van der Waals surface area contributed by atoms with Crippen LogP contribution in [-0.4, -0.2) is 42.3 Å². The second-order valence-corrected chi connectivity index (χ2v) is 7.38. The Hall–Kier alpha value is -0.290. The van der Waals surface area contributed by atoms with Crippen LogP contribution in [0.1, 0.15) is 39.5 Å². The molecule has 3 rings (SSSR count). The molecule has 2 atom stereocenters. The molecule has 0 radical (unpaired) electrons. The topological polar surface area (TPSA) is 15.3 Å². The molecular weight excluding hydrogens is 265 g/mol. The van der Waals surface area contributed by atoms with Gasteiger partial charge in [0.05, 0.1) is 5.92 Å². The molecule has 0 bridgehead atoms. The van der Waals surface area contributed by atoms with Gasteiger partial charge in [0.1, 0.15) is 0 Å². The van der Waals surface area contributed by atoms with E-state index in [1.807, 2.05) is 0 Å². The number of alkyl halides is 3. The van der Waals surface area contributed by atoms with Gasteiger partial charge in [-0.1, -0.05) is 0 Å². The first-order valence-electron chi connectivity index (χ1n) is 7.84. The number of likely N-dealkylation sites (tertiary alicyclic amines) is 1. The van der Waals surface area contributed by atoms with E-state index in [0.717, 1.165) is 19.6 Å². The average Bonchev–Trinajstić information content (AvgIpc) is 2.91. The molecule has 1 N–H and O–H groups in total. The molecule has 0 aromatic carbocycles. The number of fused-ring (bicyclic) bond motifs is 1. The summed E-state index contributed by atoms with van der Waals surface area (Å²) in [5.74, 6) is 0.277. The third kappa shape index (κ3) is 2.37. The summed E-state index contributed by atoms with van der Waals surface area (Å²) in [6.45, 7) is 7.75. The highest BCUT2D eigenvalue weighted by Crippen LogP contribution is 2.46. The van der Waals surface area contributed by atoms with E-state index in [2.05, 4.69) is 24.1 Å². The lowest BCUT2D eigenvalue weighted by atomic mass is 9.81. The van der Waals surface area contributed by atoms with Crippen molar-refractivity contribution >= 4 is 0 Å². The number of hydrogen-bond acceptors (Lipinski definition) is 2. The van der Waals surface area contributed by atoms with Gasteiger partial charge < -0.3 is 5.32 Å². The number of rotatable bonds is 1. The Kier molecular flexibility index (Phi) is 3.57. The first-order chi connectivity index (χ1) is 9.30. The van der Waals surface area contributed by atoms with Crippen molar-refractivity contribution in [3.05, 3.63) is 0 Å². The Morgan fingerprint density at radius 1 is 1.05 bits per heavy atom. The average molecular weight is 290 g/mol. The van der Waals surface area contributed by atoms with Crippen LogP contribution in [0.25, 0.3) is 0 Å². The summed E-state index contributed by atoms with van der Waals surface area (Å²) in [6.07, 6.45) is -1.95. The quantitative estimate of drug-likeness (QED) is 0.798. The third-order valence-electron chi connectivity index (χ3n) is 6.02. The minimum absolute atomic E-state index is 0.129. The SMILES string of the molecule is CC1(C)C2CNCC2CN1C1CCC(C(F)(F)F)CC1. The Bertz CT molecular complexity index is 359. The summed E-state index contributed by atoms with van der Waals surface area (Å²) >= 11 is 0. The van der Waals surface area contributed by atoms with Crippen molar-refractivity contribution < 1.29 is 13.2 Å². The second-order valence-electron chi connectivity index (χ2n) is 7.38. The van der Waals surface area contributed by atoms with Crippen molar-refractivity contribution in [2.24, 2.45) is 17.8 Å². The number of nitrogens with one attached hydrogen (secondary N) is 1. The lowest BCUT2D eigenvalue weighted by molar-refractivity contribution is -0.185. The highest BCUT2D eigenvalue weighted by atomic mass is 19.4. The molecule has 2 heterocycles. The van der Waals surface area contributed by atoms with E-state index in [4.69, 9.17) is 0 Å². The fourth-order valence-corrected chi connectivity index (χ4v) is 4.79. The molecule has 116 valence electrons. The summed E-state index contributed by atoms with van der Waals surface area (Å²) in [4.78, 5) is 2.52. The van der Waals surface area contributed by atoms with E-state index in [0.29, 0.717) is 43.6 Å². The lowest BCUT2D eigenvalue weighted by Crippen LogP contribution is -2.51. The standard InChI is InChI=1S/C15H25F3N2/c1-14(2)13-8-19-7-10(13)9-20(14)12-5-3-11(4-6-12)15(16,17)18/h10-13,19H,3-9H2,1-2H3. The van der Waals surface area contributed by atoms with Crippen LogP contribution in [0.4, 0.5) is 13.2 Å². The molecule has 20 heavy (non-hydrogen) atoms. The van der Waals surface area contributed by atoms with Gasteiger partial charge >= 0.3 is 6.18 Å². The fourth-order valence-electron chi connectivity index (χ4n) is 4.79. The highest BCUT2D eigenvalue weighted by molar-refractivity contribution is 5.06. The zero-order chi connectivity index (χ0) is 14.5. The maximum absolute atomic E-state index is 12.8. The fraction of sp³-hybridized carbons (Fsp3) is 1.00. The maximum Gasteiger partial charge on any atom is 0.391 e. The molecule has 0 amide bonds. The molecule has 3 aliphatic rings. The predicted octanol–water partition coefficient (Wildman–Crippen LogP) is 3.04. The molecular formula is C15H25F3N2. The Morgan fingerprint density at radius 2 is 1.70 bits per heavy atom. The highest BCUT2D eigenvalue weighted by Gasteiger charge is 2.52. The summed E-state index contributed by atoms with van der Waals surface area (Å²) in [7, 11) is 0. The number of nitrogens with zero attached hydrogens (tertiary/aromatic N) is 1. The molecule has 1 aliphatic carbocycles. The van der Waals surface area contributed by atoms with E-state index in [1.165, 1.54) is 0 Å². The minimum Gasteiger partial charge on any atom is -0.316 e. The van der Waals surface area contributed by atoms with E-state index >= 15 is 0 Å². The zero-order valence-corrected chi connectivity index (χ0v) is 12.3. The molecule has 2 nitrogen and oxygen atoms in total. The Labute approximate surface area is 119 Å².